The number of rotatable bonds is 16. The van der Waals surface area contributed by atoms with Gasteiger partial charge in [0.1, 0.15) is 11.6 Å². The van der Waals surface area contributed by atoms with Crippen LogP contribution in [0.3, 0.4) is 0 Å². The van der Waals surface area contributed by atoms with E-state index < -0.39 is 41.4 Å². The van der Waals surface area contributed by atoms with Crippen LogP contribution in [0, 0.1) is 35.3 Å². The van der Waals surface area contributed by atoms with Gasteiger partial charge in [-0.3, -0.25) is 28.8 Å². The summed E-state index contributed by atoms with van der Waals surface area (Å²) in [7, 11) is 0. The van der Waals surface area contributed by atoms with Crippen LogP contribution in [-0.2, 0) is 32.0 Å². The lowest BCUT2D eigenvalue weighted by atomic mass is 9.94. The number of nitrogens with zero attached hydrogens (tertiary/aromatic N) is 2. The Hall–Kier alpha value is -7.22. The first-order chi connectivity index (χ1) is 33.0. The number of nitrogens with one attached hydrogen (secondary N) is 4. The van der Waals surface area contributed by atoms with Crippen molar-refractivity contribution >= 4 is 35.4 Å². The van der Waals surface area contributed by atoms with Crippen molar-refractivity contribution in [1.29, 1.82) is 0 Å². The molecular weight excluding hydrogens is 867 g/mol. The molecule has 14 heteroatoms. The number of likely N-dealkylation sites (tertiary alicyclic amines) is 2. The third-order valence-electron chi connectivity index (χ3n) is 13.9. The van der Waals surface area contributed by atoms with Crippen molar-refractivity contribution in [3.8, 4) is 0 Å². The number of carbonyl (C=O) groups is 6. The Balaban J connectivity index is 0.849. The zero-order valence-corrected chi connectivity index (χ0v) is 37.5. The quantitative estimate of drug-likeness (QED) is 0.104. The van der Waals surface area contributed by atoms with Crippen molar-refractivity contribution in [1.82, 2.24) is 31.1 Å². The third-order valence-corrected chi connectivity index (χ3v) is 13.9. The molecule has 2 heterocycles. The standard InChI is InChI=1S/C54H54F2N6O6/c55-39-19-11-33(12-20-39)23-25-57-49(63)43-29-61(30-44(43)50(64)58-26-24-34-13-21-40(56)22-14-34)53(67)37-15-17-38(18-16-37)54(68)62-31-45(51(65)59-47-27-41(47)35-7-3-1-4-8-35)46(32-62)52(66)60-48-28-42(48)36-9-5-2-6-10-36/h1-22,41-48H,23-32H2,(H,57,63)(H,58,64)(H,59,65)(H,60,66)/t41-,42-,43+,44+,45-,46-,47+,48+/m1/s1. The molecule has 5 aromatic rings. The van der Waals surface area contributed by atoms with Crippen molar-refractivity contribution in [2.75, 3.05) is 39.3 Å². The molecule has 2 aliphatic carbocycles. The van der Waals surface area contributed by atoms with Crippen molar-refractivity contribution in [2.45, 2.75) is 49.6 Å². The Kier molecular flexibility index (Phi) is 13.7. The van der Waals surface area contributed by atoms with E-state index >= 15 is 0 Å². The van der Waals surface area contributed by atoms with Crippen molar-refractivity contribution in [3.05, 3.63) is 178 Å². The first kappa shape index (κ1) is 45.9. The van der Waals surface area contributed by atoms with Crippen LogP contribution in [0.2, 0.25) is 0 Å². The Labute approximate surface area is 393 Å². The highest BCUT2D eigenvalue weighted by molar-refractivity contribution is 6.00. The molecule has 350 valence electrons. The maximum Gasteiger partial charge on any atom is 0.253 e. The number of carbonyl (C=O) groups excluding carboxylic acids is 6. The fraction of sp³-hybridized carbons (Fsp3) is 0.333. The van der Waals surface area contributed by atoms with E-state index in [1.165, 1.54) is 58.3 Å². The molecule has 8 atom stereocenters. The number of halogens is 2. The fourth-order valence-corrected chi connectivity index (χ4v) is 9.77. The van der Waals surface area contributed by atoms with Gasteiger partial charge in [0, 0.05) is 74.3 Å². The normalized spacial score (nSPS) is 23.6. The summed E-state index contributed by atoms with van der Waals surface area (Å²) in [6, 6.07) is 37.9. The van der Waals surface area contributed by atoms with Crippen LogP contribution in [0.4, 0.5) is 8.78 Å². The molecule has 5 aromatic carbocycles. The van der Waals surface area contributed by atoms with E-state index in [1.54, 1.807) is 24.3 Å². The molecule has 0 aromatic heterocycles. The average Bonchev–Trinajstić information content (AvgIpc) is 4.20. The van der Waals surface area contributed by atoms with Crippen LogP contribution >= 0.6 is 0 Å². The molecule has 12 nitrogen and oxygen atoms in total. The molecule has 2 aliphatic heterocycles. The van der Waals surface area contributed by atoms with Crippen molar-refractivity contribution < 1.29 is 37.5 Å². The second kappa shape index (κ2) is 20.3. The van der Waals surface area contributed by atoms with E-state index in [0.717, 1.165) is 35.1 Å². The Morgan fingerprint density at radius 1 is 0.441 bits per heavy atom. The summed E-state index contributed by atoms with van der Waals surface area (Å²) in [5.41, 5.74) is 4.46. The number of hydrogen-bond acceptors (Lipinski definition) is 6. The minimum Gasteiger partial charge on any atom is -0.355 e. The summed E-state index contributed by atoms with van der Waals surface area (Å²) in [5.74, 6) is -5.71. The van der Waals surface area contributed by atoms with Gasteiger partial charge in [-0.25, -0.2) is 8.78 Å². The maximum atomic E-state index is 14.1. The predicted molar refractivity (Wildman–Crippen MR) is 250 cm³/mol. The second-order valence-corrected chi connectivity index (χ2v) is 18.5. The molecule has 68 heavy (non-hydrogen) atoms. The highest BCUT2D eigenvalue weighted by atomic mass is 19.1. The lowest BCUT2D eigenvalue weighted by Crippen LogP contribution is -2.43. The van der Waals surface area contributed by atoms with Gasteiger partial charge in [0.05, 0.1) is 23.7 Å². The van der Waals surface area contributed by atoms with Crippen LogP contribution in [0.1, 0.15) is 67.6 Å². The van der Waals surface area contributed by atoms with Crippen LogP contribution in [0.5, 0.6) is 0 Å². The van der Waals surface area contributed by atoms with Gasteiger partial charge in [-0.15, -0.1) is 0 Å². The molecule has 4 N–H and O–H groups in total. The second-order valence-electron chi connectivity index (χ2n) is 18.5. The Morgan fingerprint density at radius 3 is 1.13 bits per heavy atom. The minimum atomic E-state index is -0.863. The topological polar surface area (TPSA) is 157 Å². The average molecular weight is 921 g/mol. The molecule has 4 fully saturated rings. The summed E-state index contributed by atoms with van der Waals surface area (Å²) < 4.78 is 26.9. The molecule has 6 amide bonds. The van der Waals surface area contributed by atoms with Crippen molar-refractivity contribution in [2.24, 2.45) is 23.7 Å². The van der Waals surface area contributed by atoms with E-state index in [-0.39, 0.29) is 104 Å². The SMILES string of the molecule is O=C(NCCc1ccc(F)cc1)[C@H]1CN(C(=O)c2ccc(C(=O)N3C[C@@H](C(=O)N[C@H]4C[C@@H]4c4ccccc4)[C@H](C(=O)N[C@H]4C[C@@H]4c4ccccc4)C3)cc2)C[C@@H]1C(=O)NCCc1ccc(F)cc1. The number of hydrogen-bond donors (Lipinski definition) is 4. The van der Waals surface area contributed by atoms with E-state index in [4.69, 9.17) is 0 Å². The molecule has 9 rings (SSSR count). The Bertz CT molecular complexity index is 2490. The molecule has 2 saturated carbocycles. The maximum absolute atomic E-state index is 14.1. The zero-order valence-electron chi connectivity index (χ0n) is 37.5. The van der Waals surface area contributed by atoms with Crippen LogP contribution in [0.25, 0.3) is 0 Å². The summed E-state index contributed by atoms with van der Waals surface area (Å²) in [4.78, 5) is 86.4. The highest BCUT2D eigenvalue weighted by Gasteiger charge is 2.49. The number of amides is 6. The van der Waals surface area contributed by atoms with Gasteiger partial charge in [0.25, 0.3) is 11.8 Å². The smallest absolute Gasteiger partial charge is 0.253 e. The largest absolute Gasteiger partial charge is 0.355 e. The van der Waals surface area contributed by atoms with E-state index in [2.05, 4.69) is 21.3 Å². The fourth-order valence-electron chi connectivity index (χ4n) is 9.77. The zero-order chi connectivity index (χ0) is 47.3. The van der Waals surface area contributed by atoms with Gasteiger partial charge in [-0.1, -0.05) is 84.9 Å². The van der Waals surface area contributed by atoms with Gasteiger partial charge in [-0.05, 0) is 96.5 Å². The molecule has 4 aliphatic rings. The van der Waals surface area contributed by atoms with Crippen LogP contribution < -0.4 is 21.3 Å². The number of benzene rings is 5. The molecule has 2 saturated heterocycles. The van der Waals surface area contributed by atoms with Gasteiger partial charge >= 0.3 is 0 Å². The lowest BCUT2D eigenvalue weighted by Gasteiger charge is -2.18. The lowest BCUT2D eigenvalue weighted by molar-refractivity contribution is -0.133. The molecule has 0 bridgehead atoms. The van der Waals surface area contributed by atoms with Crippen molar-refractivity contribution in [3.63, 3.8) is 0 Å². The summed E-state index contributed by atoms with van der Waals surface area (Å²) in [6.45, 7) is 0.515. The summed E-state index contributed by atoms with van der Waals surface area (Å²) >= 11 is 0. The third kappa shape index (κ3) is 10.8. The van der Waals surface area contributed by atoms with Crippen LogP contribution in [-0.4, -0.2) is 96.6 Å². The predicted octanol–water partition coefficient (Wildman–Crippen LogP) is 5.40. The molecule has 0 spiro atoms. The summed E-state index contributed by atoms with van der Waals surface area (Å²) in [6.07, 6.45) is 2.46. The Morgan fingerprint density at radius 2 is 0.779 bits per heavy atom. The van der Waals surface area contributed by atoms with Gasteiger partial charge in [-0.2, -0.15) is 0 Å². The van der Waals surface area contributed by atoms with Gasteiger partial charge in [0.2, 0.25) is 23.6 Å². The van der Waals surface area contributed by atoms with Gasteiger partial charge < -0.3 is 31.1 Å². The minimum absolute atomic E-state index is 0.0292. The highest BCUT2D eigenvalue weighted by Crippen LogP contribution is 2.43. The summed E-state index contributed by atoms with van der Waals surface area (Å²) in [5, 5.41) is 12.1. The van der Waals surface area contributed by atoms with Gasteiger partial charge in [0.15, 0.2) is 0 Å². The van der Waals surface area contributed by atoms with E-state index in [9.17, 15) is 37.5 Å². The van der Waals surface area contributed by atoms with Crippen LogP contribution in [0.15, 0.2) is 133 Å². The first-order valence-corrected chi connectivity index (χ1v) is 23.4. The molecular formula is C54H54F2N6O6. The first-order valence-electron chi connectivity index (χ1n) is 23.4. The van der Waals surface area contributed by atoms with E-state index in [1.807, 2.05) is 60.7 Å². The molecule has 0 radical (unpaired) electrons. The molecule has 0 unspecified atom stereocenters. The monoisotopic (exact) mass is 920 g/mol. The van der Waals surface area contributed by atoms with E-state index in [0.29, 0.717) is 12.8 Å².